The number of carbonyl (C=O) groups excluding carboxylic acids is 2. The monoisotopic (exact) mass is 296 g/mol. The van der Waals surface area contributed by atoms with Crippen LogP contribution in [0.2, 0.25) is 0 Å². The van der Waals surface area contributed by atoms with Gasteiger partial charge in [0.1, 0.15) is 6.04 Å². The summed E-state index contributed by atoms with van der Waals surface area (Å²) in [6.45, 7) is 6.12. The van der Waals surface area contributed by atoms with Gasteiger partial charge >= 0.3 is 0 Å². The van der Waals surface area contributed by atoms with Gasteiger partial charge in [-0.05, 0) is 12.1 Å². The predicted molar refractivity (Wildman–Crippen MR) is 80.0 cm³/mol. The van der Waals surface area contributed by atoms with E-state index in [-0.39, 0.29) is 10.7 Å². The van der Waals surface area contributed by atoms with Crippen LogP contribution in [-0.4, -0.2) is 33.3 Å². The van der Waals surface area contributed by atoms with Gasteiger partial charge in [0.25, 0.3) is 11.8 Å². The molecule has 0 aliphatic carbocycles. The second-order valence-corrected chi connectivity index (χ2v) is 7.05. The molecule has 0 aliphatic heterocycles. The fraction of sp³-hybridized carbons (Fsp3) is 0.462. The number of hydrazine groups is 1. The van der Waals surface area contributed by atoms with Crippen molar-refractivity contribution in [3.63, 3.8) is 0 Å². The van der Waals surface area contributed by atoms with Crippen LogP contribution < -0.4 is 16.6 Å². The topological polar surface area (TPSA) is 97.1 Å². The summed E-state index contributed by atoms with van der Waals surface area (Å²) in [6.07, 6.45) is 3.03. The fourth-order valence-electron chi connectivity index (χ4n) is 1.36. The van der Waals surface area contributed by atoms with Gasteiger partial charge in [-0.2, -0.15) is 11.8 Å². The first-order valence-electron chi connectivity index (χ1n) is 6.19. The zero-order valence-electron chi connectivity index (χ0n) is 11.8. The van der Waals surface area contributed by atoms with Gasteiger partial charge in [-0.3, -0.25) is 20.0 Å². The van der Waals surface area contributed by atoms with Crippen LogP contribution in [-0.2, 0) is 4.79 Å². The molecule has 4 N–H and O–H groups in total. The molecule has 0 aromatic carbocycles. The third kappa shape index (κ3) is 5.58. The van der Waals surface area contributed by atoms with Crippen LogP contribution in [0.25, 0.3) is 0 Å². The van der Waals surface area contributed by atoms with E-state index in [9.17, 15) is 9.59 Å². The van der Waals surface area contributed by atoms with Crippen molar-refractivity contribution in [3.8, 4) is 0 Å². The highest BCUT2D eigenvalue weighted by Gasteiger charge is 2.23. The van der Waals surface area contributed by atoms with Crippen molar-refractivity contribution in [2.24, 2.45) is 5.84 Å². The molecule has 0 aliphatic rings. The molecule has 0 fully saturated rings. The van der Waals surface area contributed by atoms with Crippen LogP contribution in [0.3, 0.4) is 0 Å². The first-order valence-corrected chi connectivity index (χ1v) is 7.17. The Hall–Kier alpha value is -1.60. The number of thioether (sulfide) groups is 1. The second kappa shape index (κ2) is 7.25. The number of pyridine rings is 1. The van der Waals surface area contributed by atoms with Gasteiger partial charge in [0.15, 0.2) is 0 Å². The van der Waals surface area contributed by atoms with Crippen LogP contribution in [0.15, 0.2) is 24.5 Å². The number of nitrogens with one attached hydrogen (secondary N) is 2. The Morgan fingerprint density at radius 3 is 2.65 bits per heavy atom. The van der Waals surface area contributed by atoms with E-state index in [1.165, 1.54) is 6.20 Å². The highest BCUT2D eigenvalue weighted by Crippen LogP contribution is 2.23. The van der Waals surface area contributed by atoms with Crippen molar-refractivity contribution >= 4 is 23.6 Å². The van der Waals surface area contributed by atoms with Gasteiger partial charge in [0, 0.05) is 22.9 Å². The number of aromatic nitrogens is 1. The van der Waals surface area contributed by atoms with Gasteiger partial charge in [-0.15, -0.1) is 0 Å². The molecule has 6 nitrogen and oxygen atoms in total. The van der Waals surface area contributed by atoms with E-state index in [0.717, 1.165) is 0 Å². The molecular formula is C13H20N4O2S. The molecule has 7 heteroatoms. The molecule has 1 rings (SSSR count). The average molecular weight is 296 g/mol. The summed E-state index contributed by atoms with van der Waals surface area (Å²) >= 11 is 1.58. The number of hydrogen-bond acceptors (Lipinski definition) is 5. The molecule has 1 heterocycles. The fourth-order valence-corrected chi connectivity index (χ4v) is 2.26. The number of hydrogen-bond donors (Lipinski definition) is 3. The number of carbonyl (C=O) groups is 2. The van der Waals surface area contributed by atoms with E-state index in [4.69, 9.17) is 5.84 Å². The van der Waals surface area contributed by atoms with Gasteiger partial charge in [-0.25, -0.2) is 5.84 Å². The molecule has 20 heavy (non-hydrogen) atoms. The zero-order chi connectivity index (χ0) is 15.2. The maximum Gasteiger partial charge on any atom is 0.257 e. The first kappa shape index (κ1) is 16.5. The Balaban J connectivity index is 2.70. The maximum atomic E-state index is 12.0. The molecule has 1 aromatic rings. The SMILES string of the molecule is CC(C)(C)SCC(NC(=O)c1cccnc1)C(=O)NN. The third-order valence-corrected chi connectivity index (χ3v) is 3.74. The molecule has 2 amide bonds. The molecule has 1 unspecified atom stereocenters. The zero-order valence-corrected chi connectivity index (χ0v) is 12.7. The van der Waals surface area contributed by atoms with Crippen molar-refractivity contribution in [2.75, 3.05) is 5.75 Å². The molecule has 0 spiro atoms. The predicted octanol–water partition coefficient (Wildman–Crippen LogP) is 0.702. The molecule has 0 saturated carbocycles. The van der Waals surface area contributed by atoms with Crippen molar-refractivity contribution in [3.05, 3.63) is 30.1 Å². The molecule has 110 valence electrons. The summed E-state index contributed by atoms with van der Waals surface area (Å²) in [4.78, 5) is 27.6. The normalized spacial score (nSPS) is 12.6. The van der Waals surface area contributed by atoms with E-state index >= 15 is 0 Å². The first-order chi connectivity index (χ1) is 9.33. The number of amides is 2. The lowest BCUT2D eigenvalue weighted by molar-refractivity contribution is -0.122. The van der Waals surface area contributed by atoms with Crippen LogP contribution >= 0.6 is 11.8 Å². The third-order valence-electron chi connectivity index (χ3n) is 2.37. The average Bonchev–Trinajstić information content (AvgIpc) is 2.42. The Labute approximate surface area is 122 Å². The van der Waals surface area contributed by atoms with Crippen LogP contribution in [0, 0.1) is 0 Å². The summed E-state index contributed by atoms with van der Waals surface area (Å²) in [5.41, 5.74) is 2.48. The van der Waals surface area contributed by atoms with Crippen LogP contribution in [0.4, 0.5) is 0 Å². The number of rotatable bonds is 5. The van der Waals surface area contributed by atoms with Crippen molar-refractivity contribution in [2.45, 2.75) is 31.6 Å². The summed E-state index contributed by atoms with van der Waals surface area (Å²) in [7, 11) is 0. The standard InChI is InChI=1S/C13H20N4O2S/c1-13(2,3)20-8-10(12(19)17-14)16-11(18)9-5-4-6-15-7-9/h4-7,10H,8,14H2,1-3H3,(H,16,18)(H,17,19). The van der Waals surface area contributed by atoms with E-state index in [0.29, 0.717) is 11.3 Å². The summed E-state index contributed by atoms with van der Waals surface area (Å²) in [5, 5.41) is 2.66. The van der Waals surface area contributed by atoms with E-state index in [1.54, 1.807) is 30.1 Å². The van der Waals surface area contributed by atoms with Crippen LogP contribution in [0.1, 0.15) is 31.1 Å². The van der Waals surface area contributed by atoms with Gasteiger partial charge in [0.2, 0.25) is 0 Å². The molecule has 0 saturated heterocycles. The lowest BCUT2D eigenvalue weighted by atomic mass is 10.2. The summed E-state index contributed by atoms with van der Waals surface area (Å²) in [6, 6.07) is 2.62. The van der Waals surface area contributed by atoms with E-state index in [1.807, 2.05) is 20.8 Å². The van der Waals surface area contributed by atoms with Crippen LogP contribution in [0.5, 0.6) is 0 Å². The molecular weight excluding hydrogens is 276 g/mol. The molecule has 0 radical (unpaired) electrons. The minimum atomic E-state index is -0.683. The Bertz CT molecular complexity index is 459. The lowest BCUT2D eigenvalue weighted by Crippen LogP contribution is -2.50. The summed E-state index contributed by atoms with van der Waals surface area (Å²) < 4.78 is -0.00778. The Morgan fingerprint density at radius 2 is 2.15 bits per heavy atom. The Morgan fingerprint density at radius 1 is 1.45 bits per heavy atom. The molecule has 0 bridgehead atoms. The van der Waals surface area contributed by atoms with E-state index in [2.05, 4.69) is 15.7 Å². The van der Waals surface area contributed by atoms with Gasteiger partial charge in [-0.1, -0.05) is 20.8 Å². The highest BCUT2D eigenvalue weighted by molar-refractivity contribution is 8.00. The van der Waals surface area contributed by atoms with Crippen molar-refractivity contribution in [1.29, 1.82) is 0 Å². The quantitative estimate of drug-likeness (QED) is 0.422. The number of nitrogens with two attached hydrogens (primary N) is 1. The minimum absolute atomic E-state index is 0.00778. The largest absolute Gasteiger partial charge is 0.339 e. The van der Waals surface area contributed by atoms with Crippen molar-refractivity contribution in [1.82, 2.24) is 15.7 Å². The molecule has 1 atom stereocenters. The van der Waals surface area contributed by atoms with Gasteiger partial charge < -0.3 is 5.32 Å². The van der Waals surface area contributed by atoms with Crippen molar-refractivity contribution < 1.29 is 9.59 Å². The summed E-state index contributed by atoms with van der Waals surface area (Å²) in [5.74, 6) is 4.83. The Kier molecular flexibility index (Phi) is 5.97. The number of nitrogens with zero attached hydrogens (tertiary/aromatic N) is 1. The van der Waals surface area contributed by atoms with E-state index < -0.39 is 11.9 Å². The smallest absolute Gasteiger partial charge is 0.257 e. The maximum absolute atomic E-state index is 12.0. The van der Waals surface area contributed by atoms with Gasteiger partial charge in [0.05, 0.1) is 5.56 Å². The second-order valence-electron chi connectivity index (χ2n) is 5.20. The highest BCUT2D eigenvalue weighted by atomic mass is 32.2. The lowest BCUT2D eigenvalue weighted by Gasteiger charge is -2.22. The molecule has 1 aromatic heterocycles. The minimum Gasteiger partial charge on any atom is -0.339 e.